The Balaban J connectivity index is 2.87. The molecule has 0 aliphatic rings. The molecule has 1 unspecified atom stereocenters. The van der Waals surface area contributed by atoms with Gasteiger partial charge in [0, 0.05) is 25.3 Å². The van der Waals surface area contributed by atoms with Crippen molar-refractivity contribution in [1.82, 2.24) is 19.8 Å². The third kappa shape index (κ3) is 3.32. The smallest absolute Gasteiger partial charge is 0.0951 e. The lowest BCUT2D eigenvalue weighted by molar-refractivity contribution is 0.264. The van der Waals surface area contributed by atoms with Crippen LogP contribution in [0.5, 0.6) is 0 Å². The molecule has 16 heavy (non-hydrogen) atoms. The second kappa shape index (κ2) is 6.01. The third-order valence-corrected chi connectivity index (χ3v) is 2.78. The van der Waals surface area contributed by atoms with Gasteiger partial charge in [-0.25, -0.2) is 4.98 Å². The summed E-state index contributed by atoms with van der Waals surface area (Å²) >= 11 is 0. The Hall–Kier alpha value is -0.870. The SMILES string of the molecule is CNCc1cncn1C(CN(C)C)C(C)C. The quantitative estimate of drug-likeness (QED) is 0.792. The summed E-state index contributed by atoms with van der Waals surface area (Å²) in [6, 6.07) is 0.487. The highest BCUT2D eigenvalue weighted by molar-refractivity contribution is 5.01. The molecule has 0 saturated carbocycles. The first-order chi connectivity index (χ1) is 7.56. The van der Waals surface area contributed by atoms with Crippen LogP contribution >= 0.6 is 0 Å². The van der Waals surface area contributed by atoms with Crippen LogP contribution in [0.3, 0.4) is 0 Å². The van der Waals surface area contributed by atoms with Gasteiger partial charge in [0.1, 0.15) is 0 Å². The Kier molecular flexibility index (Phi) is 4.96. The van der Waals surface area contributed by atoms with Gasteiger partial charge in [0.15, 0.2) is 0 Å². The van der Waals surface area contributed by atoms with E-state index in [0.29, 0.717) is 12.0 Å². The minimum atomic E-state index is 0.487. The van der Waals surface area contributed by atoms with Crippen LogP contribution in [0.4, 0.5) is 0 Å². The third-order valence-electron chi connectivity index (χ3n) is 2.78. The molecule has 0 fully saturated rings. The van der Waals surface area contributed by atoms with Crippen LogP contribution in [0.2, 0.25) is 0 Å². The van der Waals surface area contributed by atoms with Crippen LogP contribution in [-0.2, 0) is 6.54 Å². The zero-order valence-electron chi connectivity index (χ0n) is 11.1. The van der Waals surface area contributed by atoms with Crippen molar-refractivity contribution in [2.75, 3.05) is 27.7 Å². The summed E-state index contributed by atoms with van der Waals surface area (Å²) in [6.45, 7) is 6.44. The van der Waals surface area contributed by atoms with E-state index < -0.39 is 0 Å². The second-order valence-electron chi connectivity index (χ2n) is 4.90. The van der Waals surface area contributed by atoms with Crippen molar-refractivity contribution in [3.8, 4) is 0 Å². The molecule has 4 heteroatoms. The molecule has 1 rings (SSSR count). The summed E-state index contributed by atoms with van der Waals surface area (Å²) in [6.07, 6.45) is 3.89. The number of imidazole rings is 1. The molecule has 0 saturated heterocycles. The molecule has 92 valence electrons. The number of aromatic nitrogens is 2. The molecule has 0 aliphatic carbocycles. The van der Waals surface area contributed by atoms with Gasteiger partial charge < -0.3 is 14.8 Å². The molecule has 1 heterocycles. The Labute approximate surface area is 98.7 Å². The lowest BCUT2D eigenvalue weighted by atomic mass is 10.0. The van der Waals surface area contributed by atoms with Gasteiger partial charge >= 0.3 is 0 Å². The van der Waals surface area contributed by atoms with Gasteiger partial charge in [0.2, 0.25) is 0 Å². The Bertz CT molecular complexity index is 304. The van der Waals surface area contributed by atoms with E-state index in [9.17, 15) is 0 Å². The molecule has 4 nitrogen and oxygen atoms in total. The van der Waals surface area contributed by atoms with Crippen LogP contribution in [0.15, 0.2) is 12.5 Å². The fourth-order valence-electron chi connectivity index (χ4n) is 1.94. The Morgan fingerprint density at radius 3 is 2.62 bits per heavy atom. The molecule has 0 bridgehead atoms. The first-order valence-corrected chi connectivity index (χ1v) is 5.86. The van der Waals surface area contributed by atoms with Crippen molar-refractivity contribution >= 4 is 0 Å². The molecular formula is C12H24N4. The fraction of sp³-hybridized carbons (Fsp3) is 0.750. The minimum absolute atomic E-state index is 0.487. The minimum Gasteiger partial charge on any atom is -0.329 e. The Morgan fingerprint density at radius 2 is 2.12 bits per heavy atom. The average Bonchev–Trinajstić information content (AvgIpc) is 2.62. The van der Waals surface area contributed by atoms with Crippen LogP contribution in [0.25, 0.3) is 0 Å². The standard InChI is InChI=1S/C12H24N4/c1-10(2)12(8-15(4)5)16-9-14-7-11(16)6-13-3/h7,9-10,12-13H,6,8H2,1-5H3. The maximum absolute atomic E-state index is 4.26. The molecule has 0 aromatic carbocycles. The monoisotopic (exact) mass is 224 g/mol. The van der Waals surface area contributed by atoms with E-state index in [4.69, 9.17) is 0 Å². The van der Waals surface area contributed by atoms with Gasteiger partial charge in [-0.05, 0) is 27.1 Å². The second-order valence-corrected chi connectivity index (χ2v) is 4.90. The highest BCUT2D eigenvalue weighted by Gasteiger charge is 2.18. The topological polar surface area (TPSA) is 33.1 Å². The van der Waals surface area contributed by atoms with Crippen molar-refractivity contribution < 1.29 is 0 Å². The molecule has 0 spiro atoms. The predicted octanol–water partition coefficient (Wildman–Crippen LogP) is 1.36. The van der Waals surface area contributed by atoms with E-state index in [2.05, 4.69) is 47.7 Å². The zero-order valence-corrected chi connectivity index (χ0v) is 11.1. The molecule has 1 aromatic heterocycles. The van der Waals surface area contributed by atoms with Crippen molar-refractivity contribution in [2.45, 2.75) is 26.4 Å². The number of likely N-dealkylation sites (N-methyl/N-ethyl adjacent to an activating group) is 1. The van der Waals surface area contributed by atoms with Gasteiger partial charge in [0.05, 0.1) is 12.0 Å². The molecule has 1 atom stereocenters. The average molecular weight is 224 g/mol. The zero-order chi connectivity index (χ0) is 12.1. The van der Waals surface area contributed by atoms with Crippen molar-refractivity contribution in [3.05, 3.63) is 18.2 Å². The fourth-order valence-corrected chi connectivity index (χ4v) is 1.94. The normalized spacial score (nSPS) is 13.7. The maximum atomic E-state index is 4.26. The summed E-state index contributed by atoms with van der Waals surface area (Å²) in [5.74, 6) is 0.604. The summed E-state index contributed by atoms with van der Waals surface area (Å²) in [7, 11) is 6.20. The van der Waals surface area contributed by atoms with E-state index in [-0.39, 0.29) is 0 Å². The van der Waals surface area contributed by atoms with Crippen LogP contribution < -0.4 is 5.32 Å². The lowest BCUT2D eigenvalue weighted by Crippen LogP contribution is -2.29. The van der Waals surface area contributed by atoms with Crippen LogP contribution in [0.1, 0.15) is 25.6 Å². The van der Waals surface area contributed by atoms with Crippen molar-refractivity contribution in [2.24, 2.45) is 5.92 Å². The van der Waals surface area contributed by atoms with Gasteiger partial charge in [-0.15, -0.1) is 0 Å². The Morgan fingerprint density at radius 1 is 1.44 bits per heavy atom. The number of hydrogen-bond acceptors (Lipinski definition) is 3. The number of rotatable bonds is 6. The van der Waals surface area contributed by atoms with E-state index in [1.165, 1.54) is 5.69 Å². The first-order valence-electron chi connectivity index (χ1n) is 5.86. The van der Waals surface area contributed by atoms with Crippen molar-refractivity contribution in [3.63, 3.8) is 0 Å². The molecule has 1 N–H and O–H groups in total. The van der Waals surface area contributed by atoms with Gasteiger partial charge in [-0.1, -0.05) is 13.8 Å². The van der Waals surface area contributed by atoms with Crippen molar-refractivity contribution in [1.29, 1.82) is 0 Å². The van der Waals surface area contributed by atoms with Crippen LogP contribution in [-0.4, -0.2) is 42.1 Å². The van der Waals surface area contributed by atoms with Gasteiger partial charge in [-0.2, -0.15) is 0 Å². The maximum Gasteiger partial charge on any atom is 0.0951 e. The number of nitrogens with zero attached hydrogens (tertiary/aromatic N) is 3. The predicted molar refractivity (Wildman–Crippen MR) is 67.4 cm³/mol. The number of nitrogens with one attached hydrogen (secondary N) is 1. The molecule has 0 amide bonds. The van der Waals surface area contributed by atoms with Gasteiger partial charge in [0.25, 0.3) is 0 Å². The summed E-state index contributed by atoms with van der Waals surface area (Å²) < 4.78 is 2.29. The number of hydrogen-bond donors (Lipinski definition) is 1. The van der Waals surface area contributed by atoms with Crippen LogP contribution in [0, 0.1) is 5.92 Å². The molecule has 0 radical (unpaired) electrons. The first kappa shape index (κ1) is 13.2. The van der Waals surface area contributed by atoms with Gasteiger partial charge in [-0.3, -0.25) is 0 Å². The highest BCUT2D eigenvalue weighted by atomic mass is 15.2. The molecule has 0 aliphatic heterocycles. The summed E-state index contributed by atoms with van der Waals surface area (Å²) in [5, 5.41) is 3.18. The highest BCUT2D eigenvalue weighted by Crippen LogP contribution is 2.20. The summed E-state index contributed by atoms with van der Waals surface area (Å²) in [5.41, 5.74) is 1.25. The van der Waals surface area contributed by atoms with E-state index >= 15 is 0 Å². The largest absolute Gasteiger partial charge is 0.329 e. The molecular weight excluding hydrogens is 200 g/mol. The lowest BCUT2D eigenvalue weighted by Gasteiger charge is -2.27. The van der Waals surface area contributed by atoms with E-state index in [1.54, 1.807) is 0 Å². The van der Waals surface area contributed by atoms with E-state index in [1.807, 2.05) is 19.6 Å². The molecule has 1 aromatic rings. The van der Waals surface area contributed by atoms with E-state index in [0.717, 1.165) is 13.1 Å². The summed E-state index contributed by atoms with van der Waals surface area (Å²) in [4.78, 5) is 6.49.